The van der Waals surface area contributed by atoms with E-state index in [1.165, 1.54) is 7.11 Å². The second-order valence-corrected chi connectivity index (χ2v) is 4.14. The molecule has 5 nitrogen and oxygen atoms in total. The van der Waals surface area contributed by atoms with Gasteiger partial charge in [0, 0.05) is 25.0 Å². The lowest BCUT2D eigenvalue weighted by Crippen LogP contribution is -2.42. The molecule has 2 rings (SSSR count). The summed E-state index contributed by atoms with van der Waals surface area (Å²) >= 11 is 0. The number of aryl methyl sites for hydroxylation is 1. The molecule has 0 aliphatic heterocycles. The highest BCUT2D eigenvalue weighted by Gasteiger charge is 2.29. The van der Waals surface area contributed by atoms with Crippen molar-refractivity contribution < 1.29 is 9.53 Å². The molecule has 1 aromatic rings. The molecule has 1 saturated carbocycles. The molecule has 0 radical (unpaired) electrons. The van der Waals surface area contributed by atoms with Crippen LogP contribution in [0, 0.1) is 6.92 Å². The Hall–Kier alpha value is -1.36. The number of carbonyl (C=O) groups excluding carboxylic acids is 1. The van der Waals surface area contributed by atoms with Crippen LogP contribution < -0.4 is 5.32 Å². The largest absolute Gasteiger partial charge is 0.468 e. The molecule has 16 heavy (non-hydrogen) atoms. The fraction of sp³-hybridized carbons (Fsp3) is 0.636. The van der Waals surface area contributed by atoms with Crippen molar-refractivity contribution >= 4 is 5.97 Å². The number of nitrogens with one attached hydrogen (secondary N) is 1. The standard InChI is InChI=1S/C11H17N3O2/c1-8-12-5-6-14(8)7-10(11(15)16-2)13-9-3-4-9/h5-6,9-10,13H,3-4,7H2,1-2H3. The number of carbonyl (C=O) groups is 1. The van der Waals surface area contributed by atoms with Gasteiger partial charge in [-0.25, -0.2) is 4.98 Å². The Morgan fingerprint density at radius 1 is 1.75 bits per heavy atom. The van der Waals surface area contributed by atoms with Crippen LogP contribution >= 0.6 is 0 Å². The van der Waals surface area contributed by atoms with Crippen LogP contribution in [0.15, 0.2) is 12.4 Å². The summed E-state index contributed by atoms with van der Waals surface area (Å²) in [7, 11) is 1.42. The van der Waals surface area contributed by atoms with Crippen LogP contribution in [-0.2, 0) is 16.1 Å². The van der Waals surface area contributed by atoms with E-state index >= 15 is 0 Å². The van der Waals surface area contributed by atoms with E-state index in [0.717, 1.165) is 18.7 Å². The molecule has 1 aliphatic rings. The Kier molecular flexibility index (Phi) is 3.24. The van der Waals surface area contributed by atoms with E-state index in [4.69, 9.17) is 4.74 Å². The van der Waals surface area contributed by atoms with E-state index in [0.29, 0.717) is 12.6 Å². The molecule has 1 atom stereocenters. The zero-order chi connectivity index (χ0) is 11.5. The van der Waals surface area contributed by atoms with Crippen molar-refractivity contribution in [1.82, 2.24) is 14.9 Å². The number of nitrogens with zero attached hydrogens (tertiary/aromatic N) is 2. The van der Waals surface area contributed by atoms with Gasteiger partial charge in [-0.1, -0.05) is 0 Å². The number of hydrogen-bond donors (Lipinski definition) is 1. The lowest BCUT2D eigenvalue weighted by Gasteiger charge is -2.17. The molecule has 0 spiro atoms. The van der Waals surface area contributed by atoms with Gasteiger partial charge in [0.15, 0.2) is 0 Å². The number of rotatable bonds is 5. The van der Waals surface area contributed by atoms with Gasteiger partial charge in [-0.05, 0) is 19.8 Å². The van der Waals surface area contributed by atoms with Crippen LogP contribution in [0.4, 0.5) is 0 Å². The summed E-state index contributed by atoms with van der Waals surface area (Å²) in [5, 5.41) is 3.28. The maximum absolute atomic E-state index is 11.6. The zero-order valence-corrected chi connectivity index (χ0v) is 9.64. The van der Waals surface area contributed by atoms with Gasteiger partial charge in [0.05, 0.1) is 7.11 Å². The fourth-order valence-corrected chi connectivity index (χ4v) is 1.67. The van der Waals surface area contributed by atoms with Crippen LogP contribution in [0.25, 0.3) is 0 Å². The van der Waals surface area contributed by atoms with Gasteiger partial charge >= 0.3 is 5.97 Å². The van der Waals surface area contributed by atoms with Gasteiger partial charge in [-0.15, -0.1) is 0 Å². The predicted octanol–water partition coefficient (Wildman–Crippen LogP) is 0.485. The van der Waals surface area contributed by atoms with E-state index in [-0.39, 0.29) is 12.0 Å². The van der Waals surface area contributed by atoms with Gasteiger partial charge in [0.1, 0.15) is 11.9 Å². The van der Waals surface area contributed by atoms with E-state index in [2.05, 4.69) is 10.3 Å². The Morgan fingerprint density at radius 3 is 3.00 bits per heavy atom. The second-order valence-electron chi connectivity index (χ2n) is 4.14. The van der Waals surface area contributed by atoms with Gasteiger partial charge in [-0.3, -0.25) is 4.79 Å². The van der Waals surface area contributed by atoms with E-state index in [1.807, 2.05) is 17.7 Å². The minimum atomic E-state index is -0.273. The zero-order valence-electron chi connectivity index (χ0n) is 9.64. The highest BCUT2D eigenvalue weighted by Crippen LogP contribution is 2.20. The molecule has 0 amide bonds. The third kappa shape index (κ3) is 2.61. The maximum Gasteiger partial charge on any atom is 0.324 e. The first kappa shape index (κ1) is 11.1. The molecule has 1 aromatic heterocycles. The highest BCUT2D eigenvalue weighted by molar-refractivity contribution is 5.75. The Morgan fingerprint density at radius 2 is 2.50 bits per heavy atom. The Bertz CT molecular complexity index is 371. The van der Waals surface area contributed by atoms with Crippen LogP contribution in [0.1, 0.15) is 18.7 Å². The van der Waals surface area contributed by atoms with Crippen molar-refractivity contribution in [1.29, 1.82) is 0 Å². The first-order chi connectivity index (χ1) is 7.70. The smallest absolute Gasteiger partial charge is 0.324 e. The second kappa shape index (κ2) is 4.65. The molecule has 0 bridgehead atoms. The number of esters is 1. The van der Waals surface area contributed by atoms with E-state index in [9.17, 15) is 4.79 Å². The van der Waals surface area contributed by atoms with Crippen molar-refractivity contribution in [3.05, 3.63) is 18.2 Å². The highest BCUT2D eigenvalue weighted by atomic mass is 16.5. The summed E-state index contributed by atoms with van der Waals surface area (Å²) in [5.41, 5.74) is 0. The van der Waals surface area contributed by atoms with E-state index < -0.39 is 0 Å². The molecule has 5 heteroatoms. The van der Waals surface area contributed by atoms with Crippen molar-refractivity contribution in [3.8, 4) is 0 Å². The van der Waals surface area contributed by atoms with Crippen LogP contribution in [-0.4, -0.2) is 34.7 Å². The SMILES string of the molecule is COC(=O)C(Cn1ccnc1C)NC1CC1. The van der Waals surface area contributed by atoms with Crippen LogP contribution in [0.5, 0.6) is 0 Å². The molecule has 1 N–H and O–H groups in total. The van der Waals surface area contributed by atoms with Gasteiger partial charge in [0.2, 0.25) is 0 Å². The van der Waals surface area contributed by atoms with Crippen molar-refractivity contribution in [2.45, 2.75) is 38.4 Å². The predicted molar refractivity (Wildman–Crippen MR) is 58.9 cm³/mol. The first-order valence-corrected chi connectivity index (χ1v) is 5.52. The van der Waals surface area contributed by atoms with E-state index in [1.54, 1.807) is 6.20 Å². The molecule has 88 valence electrons. The fourth-order valence-electron chi connectivity index (χ4n) is 1.67. The molecular formula is C11H17N3O2. The normalized spacial score (nSPS) is 17.1. The summed E-state index contributed by atoms with van der Waals surface area (Å²) in [6.45, 7) is 2.50. The average Bonchev–Trinajstić information content (AvgIpc) is 3.01. The minimum Gasteiger partial charge on any atom is -0.468 e. The van der Waals surface area contributed by atoms with Crippen molar-refractivity contribution in [2.75, 3.05) is 7.11 Å². The average molecular weight is 223 g/mol. The molecule has 1 unspecified atom stereocenters. The minimum absolute atomic E-state index is 0.208. The van der Waals surface area contributed by atoms with Crippen molar-refractivity contribution in [2.24, 2.45) is 0 Å². The Balaban J connectivity index is 2.00. The topological polar surface area (TPSA) is 56.2 Å². The summed E-state index contributed by atoms with van der Waals surface area (Å²) in [6.07, 6.45) is 5.91. The third-order valence-electron chi connectivity index (χ3n) is 2.80. The number of ether oxygens (including phenoxy) is 1. The molecule has 1 aliphatic carbocycles. The summed E-state index contributed by atoms with van der Waals surface area (Å²) in [6, 6.07) is 0.207. The number of methoxy groups -OCH3 is 1. The number of imidazole rings is 1. The quantitative estimate of drug-likeness (QED) is 0.738. The lowest BCUT2D eigenvalue weighted by molar-refractivity contribution is -0.143. The van der Waals surface area contributed by atoms with Crippen molar-refractivity contribution in [3.63, 3.8) is 0 Å². The van der Waals surface area contributed by atoms with Crippen LogP contribution in [0.3, 0.4) is 0 Å². The molecule has 0 aromatic carbocycles. The summed E-state index contributed by atoms with van der Waals surface area (Å²) < 4.78 is 6.75. The molecular weight excluding hydrogens is 206 g/mol. The first-order valence-electron chi connectivity index (χ1n) is 5.52. The summed E-state index contributed by atoms with van der Waals surface area (Å²) in [4.78, 5) is 15.7. The number of hydrogen-bond acceptors (Lipinski definition) is 4. The summed E-state index contributed by atoms with van der Waals surface area (Å²) in [5.74, 6) is 0.700. The maximum atomic E-state index is 11.6. The molecule has 0 saturated heterocycles. The molecule has 1 heterocycles. The van der Waals surface area contributed by atoms with Crippen LogP contribution in [0.2, 0.25) is 0 Å². The van der Waals surface area contributed by atoms with Gasteiger partial charge < -0.3 is 14.6 Å². The molecule has 1 fully saturated rings. The Labute approximate surface area is 94.8 Å². The monoisotopic (exact) mass is 223 g/mol. The van der Waals surface area contributed by atoms with Gasteiger partial charge in [-0.2, -0.15) is 0 Å². The number of aromatic nitrogens is 2. The van der Waals surface area contributed by atoms with Gasteiger partial charge in [0.25, 0.3) is 0 Å². The lowest BCUT2D eigenvalue weighted by atomic mass is 10.3. The third-order valence-corrected chi connectivity index (χ3v) is 2.80.